The smallest absolute Gasteiger partial charge is 0.316 e. The Kier molecular flexibility index (Phi) is 8.95. The first-order valence-corrected chi connectivity index (χ1v) is 18.2. The molecule has 0 radical (unpaired) electrons. The maximum atomic E-state index is 14.4. The summed E-state index contributed by atoms with van der Waals surface area (Å²) in [7, 11) is -2.15. The molecule has 0 saturated carbocycles. The van der Waals surface area contributed by atoms with Crippen molar-refractivity contribution in [1.82, 2.24) is 10.6 Å². The SMILES string of the molecule is CC(NC(=O)NC(c1ccccc1)(c1ccccc1)c1ccccc1)C(O[Si](C)(C)C)(c1ccccc1)c1ccccc1. The van der Waals surface area contributed by atoms with Crippen LogP contribution in [0.5, 0.6) is 0 Å². The minimum atomic E-state index is -2.15. The molecule has 0 aliphatic carbocycles. The van der Waals surface area contributed by atoms with Crippen LogP contribution in [0.2, 0.25) is 19.6 Å². The summed E-state index contributed by atoms with van der Waals surface area (Å²) in [5.74, 6) is 0. The first-order valence-electron chi connectivity index (χ1n) is 14.8. The number of urea groups is 1. The number of carbonyl (C=O) groups excluding carboxylic acids is 1. The molecule has 0 saturated heterocycles. The summed E-state index contributed by atoms with van der Waals surface area (Å²) in [6.07, 6.45) is 0. The van der Waals surface area contributed by atoms with Crippen LogP contribution >= 0.6 is 0 Å². The van der Waals surface area contributed by atoms with E-state index >= 15 is 0 Å². The molecule has 5 rings (SSSR count). The quantitative estimate of drug-likeness (QED) is 0.128. The first kappa shape index (κ1) is 30.0. The summed E-state index contributed by atoms with van der Waals surface area (Å²) in [5.41, 5.74) is 3.05. The van der Waals surface area contributed by atoms with E-state index in [1.165, 1.54) is 0 Å². The maximum Gasteiger partial charge on any atom is 0.316 e. The maximum absolute atomic E-state index is 14.4. The molecule has 0 spiro atoms. The van der Waals surface area contributed by atoms with Crippen LogP contribution in [-0.4, -0.2) is 20.4 Å². The van der Waals surface area contributed by atoms with Gasteiger partial charge in [-0.05, 0) is 54.4 Å². The topological polar surface area (TPSA) is 50.4 Å². The molecule has 1 unspecified atom stereocenters. The van der Waals surface area contributed by atoms with E-state index in [9.17, 15) is 4.79 Å². The van der Waals surface area contributed by atoms with Crippen LogP contribution in [0, 0.1) is 0 Å². The van der Waals surface area contributed by atoms with Gasteiger partial charge in [0.1, 0.15) is 11.1 Å². The minimum absolute atomic E-state index is 0.292. The second-order valence-electron chi connectivity index (χ2n) is 11.9. The van der Waals surface area contributed by atoms with Crippen LogP contribution in [0.4, 0.5) is 4.79 Å². The summed E-state index contributed by atoms with van der Waals surface area (Å²) < 4.78 is 7.14. The van der Waals surface area contributed by atoms with Crippen molar-refractivity contribution >= 4 is 14.3 Å². The zero-order valence-electron chi connectivity index (χ0n) is 25.3. The fraction of sp³-hybridized carbons (Fsp3) is 0.184. The van der Waals surface area contributed by atoms with E-state index in [1.54, 1.807) is 0 Å². The van der Waals surface area contributed by atoms with Crippen molar-refractivity contribution < 1.29 is 9.22 Å². The lowest BCUT2D eigenvalue weighted by Gasteiger charge is -2.45. The summed E-state index contributed by atoms with van der Waals surface area (Å²) in [4.78, 5) is 14.4. The standard InChI is InChI=1S/C38H40N2O2Si/c1-30(38(42-43(2,3)4,34-26-16-8-17-27-34)35-28-18-9-19-29-35)39-36(41)40-37(31-20-10-5-11-21-31,32-22-12-6-13-23-32)33-24-14-7-15-25-33/h5-30H,1-4H3,(H2,39,40,41). The Morgan fingerprint density at radius 1 is 0.558 bits per heavy atom. The van der Waals surface area contributed by atoms with Gasteiger partial charge in [-0.3, -0.25) is 0 Å². The Morgan fingerprint density at radius 3 is 1.16 bits per heavy atom. The molecule has 5 aromatic rings. The van der Waals surface area contributed by atoms with Gasteiger partial charge in [0.25, 0.3) is 0 Å². The van der Waals surface area contributed by atoms with Crippen molar-refractivity contribution in [3.63, 3.8) is 0 Å². The van der Waals surface area contributed by atoms with Gasteiger partial charge < -0.3 is 15.1 Å². The minimum Gasteiger partial charge on any atom is -0.402 e. The lowest BCUT2D eigenvalue weighted by molar-refractivity contribution is 0.0663. The molecule has 0 fully saturated rings. The normalized spacial score (nSPS) is 12.7. The molecule has 0 bridgehead atoms. The van der Waals surface area contributed by atoms with Crippen molar-refractivity contribution in [2.24, 2.45) is 0 Å². The number of carbonyl (C=O) groups is 1. The van der Waals surface area contributed by atoms with Gasteiger partial charge in [0.15, 0.2) is 8.32 Å². The second kappa shape index (κ2) is 12.8. The van der Waals surface area contributed by atoms with E-state index in [2.05, 4.69) is 90.9 Å². The van der Waals surface area contributed by atoms with Gasteiger partial charge in [0.2, 0.25) is 0 Å². The predicted octanol–water partition coefficient (Wildman–Crippen LogP) is 8.46. The Labute approximate surface area is 256 Å². The number of hydrogen-bond donors (Lipinski definition) is 2. The van der Waals surface area contributed by atoms with Crippen LogP contribution in [0.1, 0.15) is 34.7 Å². The van der Waals surface area contributed by atoms with Crippen LogP contribution in [0.25, 0.3) is 0 Å². The van der Waals surface area contributed by atoms with Crippen LogP contribution < -0.4 is 10.6 Å². The highest BCUT2D eigenvalue weighted by Gasteiger charge is 2.46. The van der Waals surface area contributed by atoms with Crippen molar-refractivity contribution in [2.75, 3.05) is 0 Å². The third kappa shape index (κ3) is 6.33. The summed E-state index contributed by atoms with van der Waals surface area (Å²) in [6, 6.07) is 50.2. The zero-order valence-corrected chi connectivity index (χ0v) is 26.3. The summed E-state index contributed by atoms with van der Waals surface area (Å²) in [5, 5.41) is 6.81. The van der Waals surface area contributed by atoms with Gasteiger partial charge in [0, 0.05) is 0 Å². The van der Waals surface area contributed by atoms with Gasteiger partial charge in [-0.2, -0.15) is 0 Å². The Hall–Kier alpha value is -4.45. The molecule has 0 aliphatic heterocycles. The molecular weight excluding hydrogens is 545 g/mol. The number of benzene rings is 5. The van der Waals surface area contributed by atoms with E-state index in [0.717, 1.165) is 27.8 Å². The third-order valence-corrected chi connectivity index (χ3v) is 8.69. The molecule has 0 heterocycles. The van der Waals surface area contributed by atoms with Crippen molar-refractivity contribution in [2.45, 2.75) is 43.7 Å². The largest absolute Gasteiger partial charge is 0.402 e. The molecule has 5 heteroatoms. The van der Waals surface area contributed by atoms with Crippen LogP contribution in [-0.2, 0) is 15.6 Å². The first-order chi connectivity index (χ1) is 20.8. The zero-order chi connectivity index (χ0) is 30.3. The van der Waals surface area contributed by atoms with Crippen LogP contribution in [0.3, 0.4) is 0 Å². The summed E-state index contributed by atoms with van der Waals surface area (Å²) in [6.45, 7) is 8.60. The highest BCUT2D eigenvalue weighted by molar-refractivity contribution is 6.69. The predicted molar refractivity (Wildman–Crippen MR) is 178 cm³/mol. The van der Waals surface area contributed by atoms with Gasteiger partial charge in [-0.15, -0.1) is 0 Å². The van der Waals surface area contributed by atoms with E-state index in [-0.39, 0.29) is 6.03 Å². The number of rotatable bonds is 10. The van der Waals surface area contributed by atoms with Crippen molar-refractivity contribution in [3.8, 4) is 0 Å². The van der Waals surface area contributed by atoms with E-state index < -0.39 is 25.5 Å². The second-order valence-corrected chi connectivity index (χ2v) is 16.3. The fourth-order valence-corrected chi connectivity index (χ4v) is 7.39. The highest BCUT2D eigenvalue weighted by Crippen LogP contribution is 2.41. The van der Waals surface area contributed by atoms with E-state index in [0.29, 0.717) is 0 Å². The summed E-state index contributed by atoms with van der Waals surface area (Å²) >= 11 is 0. The molecule has 0 aromatic heterocycles. The number of nitrogens with one attached hydrogen (secondary N) is 2. The van der Waals surface area contributed by atoms with Crippen molar-refractivity contribution in [1.29, 1.82) is 0 Å². The Bertz CT molecular complexity index is 1450. The van der Waals surface area contributed by atoms with Gasteiger partial charge in [0.05, 0.1) is 6.04 Å². The van der Waals surface area contributed by atoms with Crippen molar-refractivity contribution in [3.05, 3.63) is 179 Å². The lowest BCUT2D eigenvalue weighted by atomic mass is 9.77. The molecule has 1 atom stereocenters. The lowest BCUT2D eigenvalue weighted by Crippen LogP contribution is -2.59. The number of amides is 2. The monoisotopic (exact) mass is 584 g/mol. The molecule has 43 heavy (non-hydrogen) atoms. The molecule has 0 aliphatic rings. The Morgan fingerprint density at radius 2 is 0.860 bits per heavy atom. The fourth-order valence-electron chi connectivity index (χ4n) is 6.01. The molecule has 2 amide bonds. The van der Waals surface area contributed by atoms with E-state index in [1.807, 2.05) is 97.9 Å². The molecule has 5 aromatic carbocycles. The average molecular weight is 585 g/mol. The molecular formula is C38H40N2O2Si. The van der Waals surface area contributed by atoms with Crippen LogP contribution in [0.15, 0.2) is 152 Å². The Balaban J connectivity index is 1.62. The molecule has 4 nitrogen and oxygen atoms in total. The van der Waals surface area contributed by atoms with Gasteiger partial charge in [-0.25, -0.2) is 4.79 Å². The highest BCUT2D eigenvalue weighted by atomic mass is 28.4. The third-order valence-electron chi connectivity index (χ3n) is 7.75. The average Bonchev–Trinajstić information content (AvgIpc) is 3.04. The van der Waals surface area contributed by atoms with E-state index in [4.69, 9.17) is 4.43 Å². The van der Waals surface area contributed by atoms with Gasteiger partial charge in [-0.1, -0.05) is 152 Å². The molecule has 218 valence electrons. The molecule has 2 N–H and O–H groups in total. The van der Waals surface area contributed by atoms with Gasteiger partial charge >= 0.3 is 6.03 Å². The number of hydrogen-bond acceptors (Lipinski definition) is 2.